The van der Waals surface area contributed by atoms with Crippen molar-refractivity contribution >= 4 is 34.6 Å². The summed E-state index contributed by atoms with van der Waals surface area (Å²) in [5.74, 6) is -0.0887. The van der Waals surface area contributed by atoms with Gasteiger partial charge in [-0.25, -0.2) is 4.79 Å². The molecule has 10 nitrogen and oxygen atoms in total. The van der Waals surface area contributed by atoms with E-state index < -0.39 is 11.7 Å². The molecule has 0 atom stereocenters. The van der Waals surface area contributed by atoms with Crippen LogP contribution in [0.3, 0.4) is 0 Å². The van der Waals surface area contributed by atoms with Gasteiger partial charge in [0.05, 0.1) is 24.7 Å². The Labute approximate surface area is 196 Å². The lowest BCUT2D eigenvalue weighted by molar-refractivity contribution is -0.124. The second kappa shape index (κ2) is 8.19. The summed E-state index contributed by atoms with van der Waals surface area (Å²) in [5, 5.41) is 8.31. The molecule has 3 amide bonds. The molecular formula is C24H28N6O4. The van der Waals surface area contributed by atoms with Crippen LogP contribution in [0.4, 0.5) is 10.6 Å². The number of fused-ring (bicyclic) bond motifs is 2. The molecule has 1 aromatic carbocycles. The highest BCUT2D eigenvalue weighted by atomic mass is 16.6. The first-order valence-corrected chi connectivity index (χ1v) is 11.4. The summed E-state index contributed by atoms with van der Waals surface area (Å²) < 4.78 is 7.14. The van der Waals surface area contributed by atoms with Crippen molar-refractivity contribution in [1.29, 1.82) is 0 Å². The quantitative estimate of drug-likeness (QED) is 0.619. The van der Waals surface area contributed by atoms with Crippen LogP contribution in [0, 0.1) is 5.92 Å². The number of H-pyrrole nitrogens is 1. The Kier molecular flexibility index (Phi) is 5.30. The highest BCUT2D eigenvalue weighted by Gasteiger charge is 2.38. The molecule has 2 N–H and O–H groups in total. The Morgan fingerprint density at radius 1 is 1.09 bits per heavy atom. The summed E-state index contributed by atoms with van der Waals surface area (Å²) in [6.07, 6.45) is -0.409. The summed E-state index contributed by atoms with van der Waals surface area (Å²) in [6.45, 7) is 7.56. The minimum absolute atomic E-state index is 0.0639. The summed E-state index contributed by atoms with van der Waals surface area (Å²) in [7, 11) is 0. The average molecular weight is 465 g/mol. The number of anilines is 1. The number of benzene rings is 1. The zero-order chi connectivity index (χ0) is 24.0. The molecule has 2 aliphatic heterocycles. The number of hydrogen-bond acceptors (Lipinski definition) is 5. The van der Waals surface area contributed by atoms with Crippen LogP contribution in [0.25, 0.3) is 10.9 Å². The number of ether oxygens (including phenoxy) is 1. The van der Waals surface area contributed by atoms with Crippen molar-refractivity contribution in [2.24, 2.45) is 5.92 Å². The fourth-order valence-corrected chi connectivity index (χ4v) is 4.21. The van der Waals surface area contributed by atoms with Crippen molar-refractivity contribution in [2.45, 2.75) is 39.5 Å². The first kappa shape index (κ1) is 22.0. The zero-order valence-corrected chi connectivity index (χ0v) is 19.5. The maximum absolute atomic E-state index is 13.0. The van der Waals surface area contributed by atoms with E-state index in [0.717, 1.165) is 16.6 Å². The maximum Gasteiger partial charge on any atom is 0.410 e. The number of amides is 3. The van der Waals surface area contributed by atoms with Crippen LogP contribution in [0.2, 0.25) is 0 Å². The van der Waals surface area contributed by atoms with E-state index in [2.05, 4.69) is 15.4 Å². The Morgan fingerprint density at radius 2 is 1.85 bits per heavy atom. The van der Waals surface area contributed by atoms with Crippen LogP contribution in [0.5, 0.6) is 0 Å². The molecule has 0 saturated carbocycles. The lowest BCUT2D eigenvalue weighted by atomic mass is 10.00. The summed E-state index contributed by atoms with van der Waals surface area (Å²) in [4.78, 5) is 44.2. The smallest absolute Gasteiger partial charge is 0.410 e. The molecule has 178 valence electrons. The molecule has 0 aliphatic carbocycles. The standard InChI is InChI=1S/C24H28N6O4/c1-24(2,3)34-23(33)29-12-16(13-29)21(31)26-20-11-17-14-28(8-9-30(17)27-20)22(32)19-10-15-6-4-5-7-18(15)25-19/h4-7,10-11,16,25H,8-9,12-14H2,1-3H3,(H,26,27,31). The Hall–Kier alpha value is -3.82. The number of hydrogen-bond donors (Lipinski definition) is 2. The SMILES string of the molecule is CC(C)(C)OC(=O)N1CC(C(=O)Nc2cc3n(n2)CCN(C(=O)c2cc4ccccc4[nH]2)C3)C1. The molecule has 2 aliphatic rings. The molecule has 0 spiro atoms. The van der Waals surface area contributed by atoms with Gasteiger partial charge in [0.25, 0.3) is 5.91 Å². The molecule has 10 heteroatoms. The topological polar surface area (TPSA) is 113 Å². The van der Waals surface area contributed by atoms with E-state index in [1.807, 2.05) is 55.8 Å². The molecule has 2 aromatic heterocycles. The largest absolute Gasteiger partial charge is 0.444 e. The number of aromatic nitrogens is 3. The maximum atomic E-state index is 13.0. The van der Waals surface area contributed by atoms with Gasteiger partial charge in [0.15, 0.2) is 5.82 Å². The van der Waals surface area contributed by atoms with Crippen LogP contribution in [-0.4, -0.2) is 67.7 Å². The number of likely N-dealkylation sites (tertiary alicyclic amines) is 1. The minimum atomic E-state index is -0.566. The number of nitrogens with zero attached hydrogens (tertiary/aromatic N) is 4. The third kappa shape index (κ3) is 4.35. The molecular weight excluding hydrogens is 436 g/mol. The number of nitrogens with one attached hydrogen (secondary N) is 2. The number of para-hydroxylation sites is 1. The number of aromatic amines is 1. The average Bonchev–Trinajstić information content (AvgIpc) is 3.33. The molecule has 1 fully saturated rings. The van der Waals surface area contributed by atoms with Gasteiger partial charge in [0, 0.05) is 36.6 Å². The van der Waals surface area contributed by atoms with Gasteiger partial charge in [-0.1, -0.05) is 18.2 Å². The van der Waals surface area contributed by atoms with Gasteiger partial charge >= 0.3 is 6.09 Å². The van der Waals surface area contributed by atoms with Crippen molar-refractivity contribution in [1.82, 2.24) is 24.6 Å². The van der Waals surface area contributed by atoms with Crippen molar-refractivity contribution in [3.05, 3.63) is 47.8 Å². The second-order valence-electron chi connectivity index (χ2n) is 9.81. The molecule has 4 heterocycles. The molecule has 1 saturated heterocycles. The van der Waals surface area contributed by atoms with E-state index in [4.69, 9.17) is 4.74 Å². The Morgan fingerprint density at radius 3 is 2.59 bits per heavy atom. The van der Waals surface area contributed by atoms with Gasteiger partial charge < -0.3 is 24.8 Å². The van der Waals surface area contributed by atoms with Crippen LogP contribution >= 0.6 is 0 Å². The molecule has 0 unspecified atom stereocenters. The van der Waals surface area contributed by atoms with E-state index in [0.29, 0.717) is 44.2 Å². The highest BCUT2D eigenvalue weighted by molar-refractivity contribution is 5.98. The van der Waals surface area contributed by atoms with E-state index in [9.17, 15) is 14.4 Å². The fourth-order valence-electron chi connectivity index (χ4n) is 4.21. The van der Waals surface area contributed by atoms with Crippen LogP contribution < -0.4 is 5.32 Å². The summed E-state index contributed by atoms with van der Waals surface area (Å²) in [5.41, 5.74) is 1.78. The van der Waals surface area contributed by atoms with Gasteiger partial charge in [0.1, 0.15) is 11.3 Å². The van der Waals surface area contributed by atoms with Gasteiger partial charge in [0.2, 0.25) is 5.91 Å². The van der Waals surface area contributed by atoms with E-state index in [-0.39, 0.29) is 17.7 Å². The summed E-state index contributed by atoms with van der Waals surface area (Å²) >= 11 is 0. The summed E-state index contributed by atoms with van der Waals surface area (Å²) in [6, 6.07) is 11.5. The first-order valence-electron chi connectivity index (χ1n) is 11.4. The lowest BCUT2D eigenvalue weighted by Gasteiger charge is -2.38. The second-order valence-corrected chi connectivity index (χ2v) is 9.81. The molecule has 3 aromatic rings. The third-order valence-corrected chi connectivity index (χ3v) is 6.00. The van der Waals surface area contributed by atoms with E-state index in [1.54, 1.807) is 11.0 Å². The predicted octanol–water partition coefficient (Wildman–Crippen LogP) is 2.83. The monoisotopic (exact) mass is 464 g/mol. The van der Waals surface area contributed by atoms with Crippen LogP contribution in [-0.2, 0) is 22.6 Å². The molecule has 0 bridgehead atoms. The van der Waals surface area contributed by atoms with Crippen LogP contribution in [0.15, 0.2) is 36.4 Å². The van der Waals surface area contributed by atoms with Gasteiger partial charge in [-0.05, 0) is 32.9 Å². The van der Waals surface area contributed by atoms with Gasteiger partial charge in [-0.15, -0.1) is 0 Å². The van der Waals surface area contributed by atoms with Crippen molar-refractivity contribution < 1.29 is 19.1 Å². The normalized spacial score (nSPS) is 16.2. The Balaban J connectivity index is 1.18. The zero-order valence-electron chi connectivity index (χ0n) is 19.5. The third-order valence-electron chi connectivity index (χ3n) is 6.00. The van der Waals surface area contributed by atoms with Gasteiger partial charge in [-0.2, -0.15) is 5.10 Å². The van der Waals surface area contributed by atoms with E-state index in [1.165, 1.54) is 4.90 Å². The first-order chi connectivity index (χ1) is 16.2. The van der Waals surface area contributed by atoms with Crippen LogP contribution in [0.1, 0.15) is 37.0 Å². The molecule has 34 heavy (non-hydrogen) atoms. The predicted molar refractivity (Wildman–Crippen MR) is 125 cm³/mol. The molecule has 0 radical (unpaired) electrons. The van der Waals surface area contributed by atoms with Crippen molar-refractivity contribution in [2.75, 3.05) is 25.0 Å². The minimum Gasteiger partial charge on any atom is -0.444 e. The number of rotatable bonds is 3. The Bertz CT molecular complexity index is 1230. The lowest BCUT2D eigenvalue weighted by Crippen LogP contribution is -2.55. The van der Waals surface area contributed by atoms with Crippen molar-refractivity contribution in [3.8, 4) is 0 Å². The number of carbonyl (C=O) groups excluding carboxylic acids is 3. The fraction of sp³-hybridized carbons (Fsp3) is 0.417. The van der Waals surface area contributed by atoms with E-state index >= 15 is 0 Å². The molecule has 5 rings (SSSR count). The van der Waals surface area contributed by atoms with Gasteiger partial charge in [-0.3, -0.25) is 14.3 Å². The van der Waals surface area contributed by atoms with Crippen molar-refractivity contribution in [3.63, 3.8) is 0 Å². The number of carbonyl (C=O) groups is 3. The highest BCUT2D eigenvalue weighted by Crippen LogP contribution is 2.23.